The number of aliphatic hydroxyl groups excluding tert-OH is 1. The van der Waals surface area contributed by atoms with E-state index >= 15 is 0 Å². The van der Waals surface area contributed by atoms with Crippen LogP contribution in [0.1, 0.15) is 24.8 Å². The van der Waals surface area contributed by atoms with Gasteiger partial charge >= 0.3 is 0 Å². The molecule has 1 atom stereocenters. The molecule has 0 spiro atoms. The number of aromatic nitrogens is 1. The van der Waals surface area contributed by atoms with Crippen LogP contribution in [0.3, 0.4) is 0 Å². The number of hydrogen-bond acceptors (Lipinski definition) is 3. The summed E-state index contributed by atoms with van der Waals surface area (Å²) in [5, 5.41) is 11.9. The molecule has 1 amide bonds. The van der Waals surface area contributed by atoms with Crippen LogP contribution in [0.25, 0.3) is 0 Å². The normalized spacial score (nSPS) is 18.3. The van der Waals surface area contributed by atoms with Crippen LogP contribution in [0.5, 0.6) is 0 Å². The standard InChI is InChI=1S/C13H16N2O2/c16-9-11-5-6-14-8-12(11)15-13(17)7-10-3-1-2-4-10/h1,3,5-6,8,10,16H,2,4,7,9H2,(H,15,17). The molecule has 0 aromatic carbocycles. The highest BCUT2D eigenvalue weighted by Gasteiger charge is 2.14. The van der Waals surface area contributed by atoms with Gasteiger partial charge in [0.25, 0.3) is 0 Å². The van der Waals surface area contributed by atoms with Crippen molar-refractivity contribution in [3.63, 3.8) is 0 Å². The van der Waals surface area contributed by atoms with Crippen LogP contribution < -0.4 is 5.32 Å². The van der Waals surface area contributed by atoms with Crippen LogP contribution in [0.2, 0.25) is 0 Å². The van der Waals surface area contributed by atoms with E-state index in [0.717, 1.165) is 12.8 Å². The molecule has 1 aliphatic rings. The molecule has 1 heterocycles. The Balaban J connectivity index is 1.95. The van der Waals surface area contributed by atoms with E-state index in [9.17, 15) is 4.79 Å². The molecule has 4 nitrogen and oxygen atoms in total. The van der Waals surface area contributed by atoms with Gasteiger partial charge in [-0.15, -0.1) is 0 Å². The highest BCUT2D eigenvalue weighted by atomic mass is 16.3. The van der Waals surface area contributed by atoms with Crippen LogP contribution in [0.4, 0.5) is 5.69 Å². The first-order chi connectivity index (χ1) is 8.29. The minimum Gasteiger partial charge on any atom is -0.392 e. The quantitative estimate of drug-likeness (QED) is 0.779. The summed E-state index contributed by atoms with van der Waals surface area (Å²) < 4.78 is 0. The van der Waals surface area contributed by atoms with Gasteiger partial charge in [0, 0.05) is 18.2 Å². The minimum absolute atomic E-state index is 0.0238. The largest absolute Gasteiger partial charge is 0.392 e. The van der Waals surface area contributed by atoms with Gasteiger partial charge in [-0.1, -0.05) is 12.2 Å². The lowest BCUT2D eigenvalue weighted by Gasteiger charge is -2.10. The molecule has 0 aliphatic heterocycles. The molecule has 2 rings (SSSR count). The number of hydrogen-bond donors (Lipinski definition) is 2. The molecule has 0 saturated heterocycles. The fraction of sp³-hybridized carbons (Fsp3) is 0.385. The van der Waals surface area contributed by atoms with E-state index in [1.807, 2.05) is 0 Å². The summed E-state index contributed by atoms with van der Waals surface area (Å²) in [6.45, 7) is -0.0958. The molecule has 2 N–H and O–H groups in total. The van der Waals surface area contributed by atoms with Crippen molar-refractivity contribution < 1.29 is 9.90 Å². The van der Waals surface area contributed by atoms with Crippen molar-refractivity contribution in [2.45, 2.75) is 25.9 Å². The second kappa shape index (κ2) is 5.59. The first-order valence-electron chi connectivity index (χ1n) is 5.80. The number of pyridine rings is 1. The Morgan fingerprint density at radius 3 is 3.18 bits per heavy atom. The molecule has 1 aromatic rings. The van der Waals surface area contributed by atoms with Crippen LogP contribution >= 0.6 is 0 Å². The number of allylic oxidation sites excluding steroid dienone is 2. The van der Waals surface area contributed by atoms with Gasteiger partial charge in [-0.25, -0.2) is 0 Å². The van der Waals surface area contributed by atoms with E-state index in [1.165, 1.54) is 0 Å². The minimum atomic E-state index is -0.0958. The summed E-state index contributed by atoms with van der Waals surface area (Å²) in [6.07, 6.45) is 9.97. The SMILES string of the molecule is O=C(CC1C=CCC1)Nc1cnccc1CO. The van der Waals surface area contributed by atoms with Gasteiger partial charge in [0.05, 0.1) is 18.5 Å². The molecule has 0 fully saturated rings. The summed E-state index contributed by atoms with van der Waals surface area (Å²) in [5.74, 6) is 0.327. The zero-order valence-corrected chi connectivity index (χ0v) is 9.60. The van der Waals surface area contributed by atoms with E-state index in [0.29, 0.717) is 23.6 Å². The number of aliphatic hydroxyl groups is 1. The van der Waals surface area contributed by atoms with Crippen molar-refractivity contribution in [1.82, 2.24) is 4.98 Å². The molecule has 1 aromatic heterocycles. The topological polar surface area (TPSA) is 62.2 Å². The molecular weight excluding hydrogens is 216 g/mol. The maximum atomic E-state index is 11.8. The summed E-state index contributed by atoms with van der Waals surface area (Å²) in [6, 6.07) is 1.70. The summed E-state index contributed by atoms with van der Waals surface area (Å²) in [4.78, 5) is 15.7. The molecule has 0 radical (unpaired) electrons. The molecule has 90 valence electrons. The van der Waals surface area contributed by atoms with E-state index in [2.05, 4.69) is 22.5 Å². The third-order valence-electron chi connectivity index (χ3n) is 2.92. The van der Waals surface area contributed by atoms with Crippen molar-refractivity contribution in [2.75, 3.05) is 5.32 Å². The number of anilines is 1. The predicted molar refractivity (Wildman–Crippen MR) is 65.3 cm³/mol. The molecule has 1 unspecified atom stereocenters. The van der Waals surface area contributed by atoms with Gasteiger partial charge in [0.1, 0.15) is 0 Å². The molecule has 0 bridgehead atoms. The second-order valence-corrected chi connectivity index (χ2v) is 4.21. The van der Waals surface area contributed by atoms with Crippen molar-refractivity contribution in [1.29, 1.82) is 0 Å². The maximum absolute atomic E-state index is 11.8. The van der Waals surface area contributed by atoms with Gasteiger partial charge in [-0.3, -0.25) is 9.78 Å². The third-order valence-corrected chi connectivity index (χ3v) is 2.92. The molecular formula is C13H16N2O2. The van der Waals surface area contributed by atoms with Crippen molar-refractivity contribution >= 4 is 11.6 Å². The summed E-state index contributed by atoms with van der Waals surface area (Å²) in [7, 11) is 0. The lowest BCUT2D eigenvalue weighted by Crippen LogP contribution is -2.16. The lowest BCUT2D eigenvalue weighted by atomic mass is 10.0. The van der Waals surface area contributed by atoms with E-state index in [4.69, 9.17) is 5.11 Å². The Morgan fingerprint density at radius 1 is 1.59 bits per heavy atom. The average Bonchev–Trinajstić information content (AvgIpc) is 2.82. The van der Waals surface area contributed by atoms with E-state index in [-0.39, 0.29) is 12.5 Å². The lowest BCUT2D eigenvalue weighted by molar-refractivity contribution is -0.116. The number of rotatable bonds is 4. The molecule has 4 heteroatoms. The zero-order valence-electron chi connectivity index (χ0n) is 9.60. The highest BCUT2D eigenvalue weighted by molar-refractivity contribution is 5.91. The van der Waals surface area contributed by atoms with Crippen molar-refractivity contribution in [3.8, 4) is 0 Å². The van der Waals surface area contributed by atoms with E-state index in [1.54, 1.807) is 18.5 Å². The number of amides is 1. The van der Waals surface area contributed by atoms with Gasteiger partial charge in [-0.2, -0.15) is 0 Å². The van der Waals surface area contributed by atoms with Crippen LogP contribution in [0, 0.1) is 5.92 Å². The monoisotopic (exact) mass is 232 g/mol. The molecule has 1 aliphatic carbocycles. The Labute approximate surface area is 100 Å². The Kier molecular flexibility index (Phi) is 3.88. The fourth-order valence-corrected chi connectivity index (χ4v) is 1.98. The third kappa shape index (κ3) is 3.14. The van der Waals surface area contributed by atoms with Gasteiger partial charge < -0.3 is 10.4 Å². The number of nitrogens with zero attached hydrogens (tertiary/aromatic N) is 1. The second-order valence-electron chi connectivity index (χ2n) is 4.21. The Morgan fingerprint density at radius 2 is 2.47 bits per heavy atom. The number of nitrogens with one attached hydrogen (secondary N) is 1. The van der Waals surface area contributed by atoms with Crippen LogP contribution in [-0.4, -0.2) is 16.0 Å². The highest BCUT2D eigenvalue weighted by Crippen LogP contribution is 2.21. The number of carbonyl (C=O) groups excluding carboxylic acids is 1. The summed E-state index contributed by atoms with van der Waals surface area (Å²) in [5.41, 5.74) is 1.29. The predicted octanol–water partition coefficient (Wildman–Crippen LogP) is 1.87. The molecule has 17 heavy (non-hydrogen) atoms. The maximum Gasteiger partial charge on any atom is 0.225 e. The van der Waals surface area contributed by atoms with Crippen LogP contribution in [0.15, 0.2) is 30.6 Å². The van der Waals surface area contributed by atoms with E-state index < -0.39 is 0 Å². The molecule has 0 saturated carbocycles. The van der Waals surface area contributed by atoms with Crippen molar-refractivity contribution in [3.05, 3.63) is 36.2 Å². The summed E-state index contributed by atoms with van der Waals surface area (Å²) >= 11 is 0. The zero-order chi connectivity index (χ0) is 12.1. The smallest absolute Gasteiger partial charge is 0.225 e. The first-order valence-corrected chi connectivity index (χ1v) is 5.80. The Hall–Kier alpha value is -1.68. The Bertz CT molecular complexity index is 429. The van der Waals surface area contributed by atoms with Crippen molar-refractivity contribution in [2.24, 2.45) is 5.92 Å². The van der Waals surface area contributed by atoms with Gasteiger partial charge in [-0.05, 0) is 24.8 Å². The average molecular weight is 232 g/mol. The number of carbonyl (C=O) groups is 1. The van der Waals surface area contributed by atoms with Gasteiger partial charge in [0.15, 0.2) is 0 Å². The fourth-order valence-electron chi connectivity index (χ4n) is 1.98. The van der Waals surface area contributed by atoms with Gasteiger partial charge in [0.2, 0.25) is 5.91 Å². The van der Waals surface area contributed by atoms with Crippen LogP contribution in [-0.2, 0) is 11.4 Å². The first kappa shape index (κ1) is 11.8.